The molecule has 0 radical (unpaired) electrons. The van der Waals surface area contributed by atoms with E-state index in [-0.39, 0.29) is 11.6 Å². The van der Waals surface area contributed by atoms with Gasteiger partial charge in [-0.15, -0.1) is 0 Å². The minimum absolute atomic E-state index is 0.222. The number of aromatic hydroxyl groups is 1. The van der Waals surface area contributed by atoms with Gasteiger partial charge in [-0.1, -0.05) is 30.4 Å². The van der Waals surface area contributed by atoms with Crippen LogP contribution < -0.4 is 5.63 Å². The normalized spacial score (nSPS) is 11.4. The average Bonchev–Trinajstić information content (AvgIpc) is 2.44. The molecule has 112 valence electrons. The predicted molar refractivity (Wildman–Crippen MR) is 80.3 cm³/mol. The summed E-state index contributed by atoms with van der Waals surface area (Å²) in [7, 11) is 0. The first-order valence-corrected chi connectivity index (χ1v) is 6.46. The molecule has 4 nitrogen and oxygen atoms in total. The van der Waals surface area contributed by atoms with E-state index >= 15 is 0 Å². The number of hydrogen-bond donors (Lipinski definition) is 1. The second-order valence-electron chi connectivity index (χ2n) is 4.54. The number of allylic oxidation sites excluding steroid dienone is 3. The quantitative estimate of drug-likeness (QED) is 0.534. The number of carbonyl (C=O) groups is 1. The van der Waals surface area contributed by atoms with Crippen molar-refractivity contribution >= 4 is 11.9 Å². The minimum Gasteiger partial charge on any atom is -0.507 e. The number of benzene rings is 1. The summed E-state index contributed by atoms with van der Waals surface area (Å²) in [5, 5.41) is 9.63. The molecule has 0 fully saturated rings. The number of rotatable bonds is 4. The van der Waals surface area contributed by atoms with Crippen LogP contribution in [0.15, 0.2) is 57.8 Å². The number of halogens is 1. The van der Waals surface area contributed by atoms with E-state index in [1.807, 2.05) is 0 Å². The Morgan fingerprint density at radius 2 is 1.91 bits per heavy atom. The maximum absolute atomic E-state index is 12.7. The molecular weight excluding hydrogens is 287 g/mol. The lowest BCUT2D eigenvalue weighted by molar-refractivity contribution is 0.104. The molecule has 0 atom stereocenters. The topological polar surface area (TPSA) is 67.5 Å². The highest BCUT2D eigenvalue weighted by Crippen LogP contribution is 2.15. The molecule has 1 heterocycles. The molecule has 0 saturated heterocycles. The molecule has 2 rings (SSSR count). The summed E-state index contributed by atoms with van der Waals surface area (Å²) in [4.78, 5) is 23.4. The fourth-order valence-corrected chi connectivity index (χ4v) is 1.79. The van der Waals surface area contributed by atoms with E-state index in [1.165, 1.54) is 31.2 Å². The first kappa shape index (κ1) is 15.4. The van der Waals surface area contributed by atoms with E-state index in [0.717, 1.165) is 11.6 Å². The SMILES string of the molecule is Cc1cc(O)c(C(=O)/C=C/C=C/c2ccc(F)cc2)c(=O)o1. The van der Waals surface area contributed by atoms with Crippen molar-refractivity contribution in [2.75, 3.05) is 0 Å². The van der Waals surface area contributed by atoms with Crippen LogP contribution in [0.4, 0.5) is 4.39 Å². The summed E-state index contributed by atoms with van der Waals surface area (Å²) < 4.78 is 17.5. The lowest BCUT2D eigenvalue weighted by Gasteiger charge is -1.99. The van der Waals surface area contributed by atoms with Gasteiger partial charge in [0, 0.05) is 6.07 Å². The van der Waals surface area contributed by atoms with Gasteiger partial charge < -0.3 is 9.52 Å². The Hall–Kier alpha value is -2.95. The molecular formula is C17H13FO4. The van der Waals surface area contributed by atoms with Gasteiger partial charge in [-0.25, -0.2) is 9.18 Å². The monoisotopic (exact) mass is 300 g/mol. The van der Waals surface area contributed by atoms with Gasteiger partial charge in [0.25, 0.3) is 0 Å². The molecule has 1 N–H and O–H groups in total. The van der Waals surface area contributed by atoms with Gasteiger partial charge in [-0.05, 0) is 30.7 Å². The van der Waals surface area contributed by atoms with E-state index in [4.69, 9.17) is 4.42 Å². The molecule has 0 aliphatic heterocycles. The summed E-state index contributed by atoms with van der Waals surface area (Å²) in [5.74, 6) is -1.18. The minimum atomic E-state index is -0.880. The maximum atomic E-state index is 12.7. The molecule has 1 aromatic heterocycles. The third kappa shape index (κ3) is 3.79. The molecule has 0 unspecified atom stereocenters. The van der Waals surface area contributed by atoms with Crippen LogP contribution in [-0.2, 0) is 0 Å². The molecule has 0 spiro atoms. The highest BCUT2D eigenvalue weighted by molar-refractivity contribution is 6.06. The first-order valence-electron chi connectivity index (χ1n) is 6.46. The maximum Gasteiger partial charge on any atom is 0.351 e. The van der Waals surface area contributed by atoms with E-state index in [9.17, 15) is 19.1 Å². The molecule has 2 aromatic rings. The molecule has 0 amide bonds. The third-order valence-corrected chi connectivity index (χ3v) is 2.82. The largest absolute Gasteiger partial charge is 0.507 e. The van der Waals surface area contributed by atoms with E-state index < -0.39 is 22.7 Å². The predicted octanol–water partition coefficient (Wildman–Crippen LogP) is 3.25. The second kappa shape index (κ2) is 6.67. The lowest BCUT2D eigenvalue weighted by atomic mass is 10.1. The fraction of sp³-hybridized carbons (Fsp3) is 0.0588. The van der Waals surface area contributed by atoms with Crippen LogP contribution in [0.25, 0.3) is 6.08 Å². The lowest BCUT2D eigenvalue weighted by Crippen LogP contribution is -2.12. The van der Waals surface area contributed by atoms with Crippen molar-refractivity contribution < 1.29 is 18.7 Å². The third-order valence-electron chi connectivity index (χ3n) is 2.82. The van der Waals surface area contributed by atoms with Crippen molar-refractivity contribution in [3.8, 4) is 5.75 Å². The summed E-state index contributed by atoms with van der Waals surface area (Å²) in [6, 6.07) is 7.02. The number of ketones is 1. The summed E-state index contributed by atoms with van der Waals surface area (Å²) >= 11 is 0. The Morgan fingerprint density at radius 3 is 2.55 bits per heavy atom. The van der Waals surface area contributed by atoms with Crippen molar-refractivity contribution in [3.63, 3.8) is 0 Å². The van der Waals surface area contributed by atoms with Gasteiger partial charge in [0.05, 0.1) is 0 Å². The molecule has 22 heavy (non-hydrogen) atoms. The smallest absolute Gasteiger partial charge is 0.351 e. The van der Waals surface area contributed by atoms with E-state index in [1.54, 1.807) is 24.3 Å². The van der Waals surface area contributed by atoms with Gasteiger partial charge in [0.2, 0.25) is 0 Å². The average molecular weight is 300 g/mol. The standard InChI is InChI=1S/C17H13FO4/c1-11-10-15(20)16(17(21)22-11)14(19)5-3-2-4-12-6-8-13(18)9-7-12/h2-10,20H,1H3/b4-2+,5-3+. The highest BCUT2D eigenvalue weighted by Gasteiger charge is 2.15. The van der Waals surface area contributed by atoms with E-state index in [2.05, 4.69) is 0 Å². The Bertz CT molecular complexity index is 798. The van der Waals surface area contributed by atoms with Gasteiger partial charge in [-0.2, -0.15) is 0 Å². The molecule has 0 saturated carbocycles. The molecule has 5 heteroatoms. The molecule has 0 aliphatic carbocycles. The van der Waals surface area contributed by atoms with Gasteiger partial charge in [0.1, 0.15) is 22.9 Å². The van der Waals surface area contributed by atoms with Crippen molar-refractivity contribution in [3.05, 3.63) is 81.7 Å². The Kier molecular flexibility index (Phi) is 4.68. The Labute approximate surface area is 125 Å². The summed E-state index contributed by atoms with van der Waals surface area (Å²) in [5.41, 5.74) is -0.525. The van der Waals surface area contributed by atoms with Crippen LogP contribution in [0, 0.1) is 12.7 Å². The van der Waals surface area contributed by atoms with Crippen LogP contribution in [0.1, 0.15) is 21.7 Å². The van der Waals surface area contributed by atoms with Crippen molar-refractivity contribution in [1.82, 2.24) is 0 Å². The molecule has 1 aromatic carbocycles. The fourth-order valence-electron chi connectivity index (χ4n) is 1.79. The van der Waals surface area contributed by atoms with Crippen LogP contribution in [0.3, 0.4) is 0 Å². The second-order valence-corrected chi connectivity index (χ2v) is 4.54. The zero-order valence-electron chi connectivity index (χ0n) is 11.7. The van der Waals surface area contributed by atoms with Gasteiger partial charge >= 0.3 is 5.63 Å². The van der Waals surface area contributed by atoms with Gasteiger partial charge in [0.15, 0.2) is 5.78 Å². The zero-order valence-corrected chi connectivity index (χ0v) is 11.7. The van der Waals surface area contributed by atoms with Crippen LogP contribution in [0.5, 0.6) is 5.75 Å². The number of aryl methyl sites for hydroxylation is 1. The Morgan fingerprint density at radius 1 is 1.23 bits per heavy atom. The van der Waals surface area contributed by atoms with Crippen LogP contribution >= 0.6 is 0 Å². The zero-order chi connectivity index (χ0) is 16.1. The number of hydrogen-bond acceptors (Lipinski definition) is 4. The Balaban J connectivity index is 2.12. The van der Waals surface area contributed by atoms with Crippen LogP contribution in [0.2, 0.25) is 0 Å². The van der Waals surface area contributed by atoms with Gasteiger partial charge in [-0.3, -0.25) is 4.79 Å². The highest BCUT2D eigenvalue weighted by atomic mass is 19.1. The first-order chi connectivity index (χ1) is 10.5. The van der Waals surface area contributed by atoms with Crippen molar-refractivity contribution in [2.24, 2.45) is 0 Å². The number of carbonyl (C=O) groups excluding carboxylic acids is 1. The molecule has 0 bridgehead atoms. The summed E-state index contributed by atoms with van der Waals surface area (Å²) in [6.07, 6.45) is 5.80. The van der Waals surface area contributed by atoms with Crippen molar-refractivity contribution in [1.29, 1.82) is 0 Å². The van der Waals surface area contributed by atoms with Crippen molar-refractivity contribution in [2.45, 2.75) is 6.92 Å². The van der Waals surface area contributed by atoms with E-state index in [0.29, 0.717) is 0 Å². The van der Waals surface area contributed by atoms with Crippen LogP contribution in [-0.4, -0.2) is 10.9 Å². The molecule has 0 aliphatic rings. The summed E-state index contributed by atoms with van der Waals surface area (Å²) in [6.45, 7) is 1.50.